The lowest BCUT2D eigenvalue weighted by molar-refractivity contribution is -0.143. The van der Waals surface area contributed by atoms with Gasteiger partial charge < -0.3 is 24.8 Å². The van der Waals surface area contributed by atoms with Crippen molar-refractivity contribution in [3.05, 3.63) is 59.7 Å². The number of nitrogens with one attached hydrogen (secondary N) is 1. The van der Waals surface area contributed by atoms with Gasteiger partial charge in [-0.15, -0.1) is 0 Å². The van der Waals surface area contributed by atoms with E-state index in [-0.39, 0.29) is 30.9 Å². The molecule has 1 aliphatic carbocycles. The number of likely N-dealkylation sites (tertiary alicyclic amines) is 1. The highest BCUT2D eigenvalue weighted by Gasteiger charge is 2.43. The largest absolute Gasteiger partial charge is 0.481 e. The molecule has 2 saturated heterocycles. The molecule has 8 nitrogen and oxygen atoms in total. The molecule has 178 valence electrons. The van der Waals surface area contributed by atoms with Crippen LogP contribution < -0.4 is 5.32 Å². The van der Waals surface area contributed by atoms with Crippen LogP contribution in [0.3, 0.4) is 0 Å². The van der Waals surface area contributed by atoms with Crippen molar-refractivity contribution in [3.63, 3.8) is 0 Å². The van der Waals surface area contributed by atoms with Crippen LogP contribution in [0, 0.1) is 11.8 Å². The summed E-state index contributed by atoms with van der Waals surface area (Å²) in [6, 6.07) is 15.7. The van der Waals surface area contributed by atoms with E-state index in [0.717, 1.165) is 22.3 Å². The minimum Gasteiger partial charge on any atom is -0.481 e. The zero-order valence-corrected chi connectivity index (χ0v) is 19.0. The van der Waals surface area contributed by atoms with E-state index in [1.54, 1.807) is 0 Å². The number of carbonyl (C=O) groups excluding carboxylic acids is 2. The first-order chi connectivity index (χ1) is 16.4. The normalized spacial score (nSPS) is 25.6. The number of fused-ring (bicyclic) bond motifs is 3. The van der Waals surface area contributed by atoms with Gasteiger partial charge in [0.25, 0.3) is 5.91 Å². The predicted octanol–water partition coefficient (Wildman–Crippen LogP) is 2.86. The van der Waals surface area contributed by atoms with E-state index < -0.39 is 30.1 Å². The van der Waals surface area contributed by atoms with Gasteiger partial charge in [-0.05, 0) is 34.6 Å². The van der Waals surface area contributed by atoms with Gasteiger partial charge in [0.05, 0.1) is 12.0 Å². The lowest BCUT2D eigenvalue weighted by Crippen LogP contribution is -2.49. The predicted molar refractivity (Wildman–Crippen MR) is 123 cm³/mol. The van der Waals surface area contributed by atoms with Crippen LogP contribution >= 0.6 is 0 Å². The van der Waals surface area contributed by atoms with Crippen molar-refractivity contribution in [3.8, 4) is 11.1 Å². The maximum atomic E-state index is 13.0. The van der Waals surface area contributed by atoms with Gasteiger partial charge in [-0.1, -0.05) is 55.5 Å². The van der Waals surface area contributed by atoms with Crippen molar-refractivity contribution in [2.24, 2.45) is 11.8 Å². The van der Waals surface area contributed by atoms with E-state index in [0.29, 0.717) is 19.6 Å². The molecule has 34 heavy (non-hydrogen) atoms. The third kappa shape index (κ3) is 4.03. The quantitative estimate of drug-likeness (QED) is 0.705. The number of aliphatic carboxylic acids is 1. The Morgan fingerprint density at radius 3 is 2.32 bits per heavy atom. The van der Waals surface area contributed by atoms with Crippen LogP contribution in [0.4, 0.5) is 4.79 Å². The molecule has 0 saturated carbocycles. The molecule has 0 bridgehead atoms. The molecule has 2 aliphatic heterocycles. The van der Waals surface area contributed by atoms with Gasteiger partial charge >= 0.3 is 12.1 Å². The maximum absolute atomic E-state index is 13.0. The number of benzene rings is 2. The molecule has 2 fully saturated rings. The SMILES string of the molecule is C[C@@H]1CN(C(=O)C2OCCC2NC(=O)OCC2c3ccccc3-c3ccccc32)C[C@H]1C(=O)O. The Hall–Kier alpha value is -3.39. The van der Waals surface area contributed by atoms with Crippen molar-refractivity contribution in [2.45, 2.75) is 31.4 Å². The maximum Gasteiger partial charge on any atom is 0.407 e. The molecule has 2 amide bonds. The molecule has 4 atom stereocenters. The average molecular weight is 465 g/mol. The standard InChI is InChI=1S/C26H28N2O6/c1-15-12-28(13-20(15)25(30)31)24(29)23-22(10-11-33-23)27-26(32)34-14-21-18-8-4-2-6-16(18)17-7-3-5-9-19(17)21/h2-9,15,20-23H,10-14H2,1H3,(H,27,32)(H,30,31)/t15-,20-,22?,23?/m1/s1. The topological polar surface area (TPSA) is 105 Å². The number of carboxylic acids is 1. The molecule has 8 heteroatoms. The fourth-order valence-electron chi connectivity index (χ4n) is 5.42. The van der Waals surface area contributed by atoms with E-state index in [1.165, 1.54) is 4.90 Å². The highest BCUT2D eigenvalue weighted by molar-refractivity contribution is 5.84. The summed E-state index contributed by atoms with van der Waals surface area (Å²) < 4.78 is 11.2. The minimum atomic E-state index is -0.900. The van der Waals surface area contributed by atoms with Gasteiger partial charge in [-0.3, -0.25) is 9.59 Å². The molecule has 2 unspecified atom stereocenters. The van der Waals surface area contributed by atoms with E-state index in [1.807, 2.05) is 31.2 Å². The summed E-state index contributed by atoms with van der Waals surface area (Å²) in [6.07, 6.45) is -0.930. The Morgan fingerprint density at radius 1 is 1.06 bits per heavy atom. The molecule has 2 N–H and O–H groups in total. The van der Waals surface area contributed by atoms with Crippen LogP contribution in [0.15, 0.2) is 48.5 Å². The average Bonchev–Trinajstić information content (AvgIpc) is 3.53. The van der Waals surface area contributed by atoms with Gasteiger partial charge in [0.2, 0.25) is 0 Å². The smallest absolute Gasteiger partial charge is 0.407 e. The molecule has 0 radical (unpaired) electrons. The lowest BCUT2D eigenvalue weighted by atomic mass is 9.98. The van der Waals surface area contributed by atoms with Crippen molar-refractivity contribution in [2.75, 3.05) is 26.3 Å². The summed E-state index contributed by atoms with van der Waals surface area (Å²) in [7, 11) is 0. The van der Waals surface area contributed by atoms with E-state index in [2.05, 4.69) is 29.6 Å². The van der Waals surface area contributed by atoms with Crippen molar-refractivity contribution in [1.82, 2.24) is 10.2 Å². The molecule has 0 aromatic heterocycles. The molecule has 0 spiro atoms. The van der Waals surface area contributed by atoms with Gasteiger partial charge in [0.15, 0.2) is 6.10 Å². The van der Waals surface area contributed by atoms with Gasteiger partial charge in [-0.2, -0.15) is 0 Å². The van der Waals surface area contributed by atoms with E-state index >= 15 is 0 Å². The summed E-state index contributed by atoms with van der Waals surface area (Å²) in [5, 5.41) is 12.1. The third-order valence-corrected chi connectivity index (χ3v) is 7.22. The number of alkyl carbamates (subject to hydrolysis) is 1. The third-order valence-electron chi connectivity index (χ3n) is 7.22. The first-order valence-electron chi connectivity index (χ1n) is 11.7. The number of nitrogens with zero attached hydrogens (tertiary/aromatic N) is 1. The van der Waals surface area contributed by atoms with Crippen molar-refractivity contribution in [1.29, 1.82) is 0 Å². The zero-order valence-electron chi connectivity index (χ0n) is 19.0. The van der Waals surface area contributed by atoms with Crippen LogP contribution in [0.25, 0.3) is 11.1 Å². The molecule has 3 aliphatic rings. The number of carboxylic acid groups (broad SMARTS) is 1. The van der Waals surface area contributed by atoms with Gasteiger partial charge in [0, 0.05) is 25.6 Å². The van der Waals surface area contributed by atoms with Gasteiger partial charge in [0.1, 0.15) is 6.61 Å². The lowest BCUT2D eigenvalue weighted by Gasteiger charge is -2.24. The summed E-state index contributed by atoms with van der Waals surface area (Å²) in [6.45, 7) is 2.89. The van der Waals surface area contributed by atoms with Crippen LogP contribution in [-0.2, 0) is 19.1 Å². The Bertz CT molecular complexity index is 1070. The number of hydrogen-bond donors (Lipinski definition) is 2. The Kier molecular flexibility index (Phi) is 6.00. The highest BCUT2D eigenvalue weighted by Crippen LogP contribution is 2.44. The number of carbonyl (C=O) groups is 3. The van der Waals surface area contributed by atoms with Crippen LogP contribution in [0.5, 0.6) is 0 Å². The number of ether oxygens (including phenoxy) is 2. The number of rotatable bonds is 5. The van der Waals surface area contributed by atoms with Crippen LogP contribution in [-0.4, -0.2) is 66.4 Å². The second-order valence-electron chi connectivity index (χ2n) is 9.32. The Balaban J connectivity index is 1.21. The molecule has 2 aromatic carbocycles. The van der Waals surface area contributed by atoms with Crippen molar-refractivity contribution >= 4 is 18.0 Å². The second kappa shape index (κ2) is 9.10. The fourth-order valence-corrected chi connectivity index (χ4v) is 5.42. The number of amides is 2. The van der Waals surface area contributed by atoms with Crippen LogP contribution in [0.2, 0.25) is 0 Å². The Labute approximate surface area is 197 Å². The molecule has 2 heterocycles. The molecule has 2 aromatic rings. The summed E-state index contributed by atoms with van der Waals surface area (Å²) in [4.78, 5) is 38.6. The van der Waals surface area contributed by atoms with E-state index in [9.17, 15) is 19.5 Å². The first-order valence-corrected chi connectivity index (χ1v) is 11.7. The van der Waals surface area contributed by atoms with Crippen molar-refractivity contribution < 1.29 is 29.0 Å². The summed E-state index contributed by atoms with van der Waals surface area (Å²) >= 11 is 0. The first kappa shape index (κ1) is 22.4. The molecule has 5 rings (SSSR count). The molecular formula is C26H28N2O6. The fraction of sp³-hybridized carbons (Fsp3) is 0.423. The minimum absolute atomic E-state index is 0.0468. The van der Waals surface area contributed by atoms with E-state index in [4.69, 9.17) is 9.47 Å². The van der Waals surface area contributed by atoms with Crippen LogP contribution in [0.1, 0.15) is 30.4 Å². The van der Waals surface area contributed by atoms with Gasteiger partial charge in [-0.25, -0.2) is 4.79 Å². The monoisotopic (exact) mass is 464 g/mol. The Morgan fingerprint density at radius 2 is 1.71 bits per heavy atom. The second-order valence-corrected chi connectivity index (χ2v) is 9.32. The number of hydrogen-bond acceptors (Lipinski definition) is 5. The zero-order chi connectivity index (χ0) is 23.8. The summed E-state index contributed by atoms with van der Waals surface area (Å²) in [5.41, 5.74) is 4.57. The summed E-state index contributed by atoms with van der Waals surface area (Å²) in [5.74, 6) is -1.94. The highest BCUT2D eigenvalue weighted by atomic mass is 16.6. The molecular weight excluding hydrogens is 436 g/mol.